The van der Waals surface area contributed by atoms with Crippen LogP contribution in [0.4, 0.5) is 10.1 Å². The summed E-state index contributed by atoms with van der Waals surface area (Å²) in [6, 6.07) is 9.40. The van der Waals surface area contributed by atoms with Crippen molar-refractivity contribution in [2.24, 2.45) is 0 Å². The number of anilines is 1. The normalized spacial score (nSPS) is 16.2. The predicted octanol–water partition coefficient (Wildman–Crippen LogP) is 2.66. The number of pyridine rings is 1. The second-order valence-electron chi connectivity index (χ2n) is 5.66. The molecule has 0 spiro atoms. The number of fused-ring (bicyclic) bond motifs is 1. The van der Waals surface area contributed by atoms with Crippen molar-refractivity contribution in [2.45, 2.75) is 20.0 Å². The standard InChI is InChI=1S/C18H18FN3O3/c1-3-25-16(23)10-22-11(2)20-15-9-8-14(21-17(15)18(22)24)12-4-6-13(19)7-5-12/h4-9,11,20H,3,10H2,1-2H3. The molecular weight excluding hydrogens is 325 g/mol. The molecule has 6 nitrogen and oxygen atoms in total. The smallest absolute Gasteiger partial charge is 0.325 e. The van der Waals surface area contributed by atoms with Crippen LogP contribution < -0.4 is 5.32 Å². The number of amides is 1. The average Bonchev–Trinajstić information content (AvgIpc) is 2.59. The van der Waals surface area contributed by atoms with Crippen LogP contribution in [0.25, 0.3) is 11.3 Å². The number of hydrogen-bond acceptors (Lipinski definition) is 5. The molecule has 1 aromatic carbocycles. The van der Waals surface area contributed by atoms with Gasteiger partial charge in [-0.15, -0.1) is 0 Å². The maximum Gasteiger partial charge on any atom is 0.325 e. The van der Waals surface area contributed by atoms with E-state index in [0.29, 0.717) is 16.9 Å². The van der Waals surface area contributed by atoms with E-state index in [1.807, 2.05) is 0 Å². The molecule has 1 N–H and O–H groups in total. The van der Waals surface area contributed by atoms with Gasteiger partial charge in [0, 0.05) is 5.56 Å². The molecule has 0 fully saturated rings. The third-order valence-corrected chi connectivity index (χ3v) is 3.94. The van der Waals surface area contributed by atoms with Crippen molar-refractivity contribution >= 4 is 17.6 Å². The molecule has 1 amide bonds. The largest absolute Gasteiger partial charge is 0.465 e. The average molecular weight is 343 g/mol. The fourth-order valence-electron chi connectivity index (χ4n) is 2.69. The van der Waals surface area contributed by atoms with Gasteiger partial charge in [0.15, 0.2) is 5.69 Å². The number of aromatic nitrogens is 1. The second-order valence-corrected chi connectivity index (χ2v) is 5.66. The fourth-order valence-corrected chi connectivity index (χ4v) is 2.69. The Morgan fingerprint density at radius 3 is 2.68 bits per heavy atom. The molecule has 1 aromatic heterocycles. The molecule has 130 valence electrons. The van der Waals surface area contributed by atoms with Crippen LogP contribution in [0.2, 0.25) is 0 Å². The molecule has 0 saturated heterocycles. The van der Waals surface area contributed by atoms with Crippen molar-refractivity contribution in [3.8, 4) is 11.3 Å². The SMILES string of the molecule is CCOC(=O)CN1C(=O)c2nc(-c3ccc(F)cc3)ccc2NC1C. The van der Waals surface area contributed by atoms with Gasteiger partial charge < -0.3 is 15.0 Å². The molecule has 1 aliphatic rings. The van der Waals surface area contributed by atoms with E-state index in [1.54, 1.807) is 38.1 Å². The molecule has 1 aliphatic heterocycles. The number of rotatable bonds is 4. The highest BCUT2D eigenvalue weighted by Crippen LogP contribution is 2.27. The Hall–Kier alpha value is -2.96. The van der Waals surface area contributed by atoms with Crippen LogP contribution in [-0.2, 0) is 9.53 Å². The second kappa shape index (κ2) is 6.88. The quantitative estimate of drug-likeness (QED) is 0.864. The van der Waals surface area contributed by atoms with Crippen molar-refractivity contribution < 1.29 is 18.7 Å². The van der Waals surface area contributed by atoms with E-state index in [1.165, 1.54) is 17.0 Å². The summed E-state index contributed by atoms with van der Waals surface area (Å²) in [5.74, 6) is -1.16. The van der Waals surface area contributed by atoms with Crippen molar-refractivity contribution in [3.63, 3.8) is 0 Å². The molecule has 7 heteroatoms. The molecule has 1 unspecified atom stereocenters. The third kappa shape index (κ3) is 3.45. The summed E-state index contributed by atoms with van der Waals surface area (Å²) in [4.78, 5) is 30.3. The summed E-state index contributed by atoms with van der Waals surface area (Å²) in [5.41, 5.74) is 2.08. The molecule has 0 saturated carbocycles. The van der Waals surface area contributed by atoms with Gasteiger partial charge in [-0.3, -0.25) is 9.59 Å². The minimum absolute atomic E-state index is 0.150. The Morgan fingerprint density at radius 1 is 1.28 bits per heavy atom. The molecule has 0 aliphatic carbocycles. The number of ether oxygens (including phenoxy) is 1. The summed E-state index contributed by atoms with van der Waals surface area (Å²) in [7, 11) is 0. The van der Waals surface area contributed by atoms with E-state index < -0.39 is 5.97 Å². The number of benzene rings is 1. The topological polar surface area (TPSA) is 71.5 Å². The van der Waals surface area contributed by atoms with E-state index in [4.69, 9.17) is 4.74 Å². The van der Waals surface area contributed by atoms with Gasteiger partial charge in [-0.05, 0) is 50.2 Å². The summed E-state index contributed by atoms with van der Waals surface area (Å²) in [6.07, 6.45) is -0.358. The van der Waals surface area contributed by atoms with Crippen LogP contribution in [-0.4, -0.2) is 41.1 Å². The van der Waals surface area contributed by atoms with Crippen LogP contribution in [0.15, 0.2) is 36.4 Å². The first-order valence-electron chi connectivity index (χ1n) is 7.99. The highest BCUT2D eigenvalue weighted by molar-refractivity contribution is 6.01. The van der Waals surface area contributed by atoms with Gasteiger partial charge in [-0.2, -0.15) is 0 Å². The van der Waals surface area contributed by atoms with Crippen LogP contribution in [0.5, 0.6) is 0 Å². The van der Waals surface area contributed by atoms with Gasteiger partial charge in [0.2, 0.25) is 0 Å². The summed E-state index contributed by atoms with van der Waals surface area (Å²) < 4.78 is 18.0. The molecule has 1 atom stereocenters. The van der Waals surface area contributed by atoms with Crippen molar-refractivity contribution in [2.75, 3.05) is 18.5 Å². The Labute approximate surface area is 144 Å². The molecule has 0 bridgehead atoms. The minimum Gasteiger partial charge on any atom is -0.465 e. The molecule has 3 rings (SSSR count). The molecule has 2 heterocycles. The lowest BCUT2D eigenvalue weighted by Crippen LogP contribution is -2.49. The van der Waals surface area contributed by atoms with E-state index in [-0.39, 0.29) is 36.7 Å². The number of carbonyl (C=O) groups excluding carboxylic acids is 2. The van der Waals surface area contributed by atoms with Gasteiger partial charge in [0.1, 0.15) is 12.4 Å². The van der Waals surface area contributed by atoms with E-state index >= 15 is 0 Å². The van der Waals surface area contributed by atoms with E-state index in [2.05, 4.69) is 10.3 Å². The van der Waals surface area contributed by atoms with E-state index in [9.17, 15) is 14.0 Å². The van der Waals surface area contributed by atoms with Crippen LogP contribution in [0, 0.1) is 5.82 Å². The number of nitrogens with one attached hydrogen (secondary N) is 1. The Morgan fingerprint density at radius 2 is 2.00 bits per heavy atom. The van der Waals surface area contributed by atoms with Crippen LogP contribution in [0.3, 0.4) is 0 Å². The number of nitrogens with zero attached hydrogens (tertiary/aromatic N) is 2. The monoisotopic (exact) mass is 343 g/mol. The lowest BCUT2D eigenvalue weighted by Gasteiger charge is -2.34. The summed E-state index contributed by atoms with van der Waals surface area (Å²) in [6.45, 7) is 3.60. The molecule has 25 heavy (non-hydrogen) atoms. The maximum atomic E-state index is 13.1. The zero-order valence-corrected chi connectivity index (χ0v) is 14.0. The summed E-state index contributed by atoms with van der Waals surface area (Å²) >= 11 is 0. The fraction of sp³-hybridized carbons (Fsp3) is 0.278. The number of halogens is 1. The summed E-state index contributed by atoms with van der Waals surface area (Å²) in [5, 5.41) is 3.15. The van der Waals surface area contributed by atoms with Gasteiger partial charge in [-0.25, -0.2) is 9.37 Å². The third-order valence-electron chi connectivity index (χ3n) is 3.94. The molecular formula is C18H18FN3O3. The van der Waals surface area contributed by atoms with Gasteiger partial charge in [0.05, 0.1) is 24.2 Å². The van der Waals surface area contributed by atoms with E-state index in [0.717, 1.165) is 0 Å². The van der Waals surface area contributed by atoms with Crippen molar-refractivity contribution in [3.05, 3.63) is 47.9 Å². The zero-order chi connectivity index (χ0) is 18.0. The first-order valence-corrected chi connectivity index (χ1v) is 7.99. The van der Waals surface area contributed by atoms with Crippen molar-refractivity contribution in [1.82, 2.24) is 9.88 Å². The highest BCUT2D eigenvalue weighted by Gasteiger charge is 2.32. The number of carbonyl (C=O) groups is 2. The lowest BCUT2D eigenvalue weighted by atomic mass is 10.1. The first-order chi connectivity index (χ1) is 12.0. The van der Waals surface area contributed by atoms with Crippen LogP contribution >= 0.6 is 0 Å². The van der Waals surface area contributed by atoms with Crippen LogP contribution in [0.1, 0.15) is 24.3 Å². The minimum atomic E-state index is -0.470. The predicted molar refractivity (Wildman–Crippen MR) is 90.4 cm³/mol. The number of esters is 1. The number of hydrogen-bond donors (Lipinski definition) is 1. The van der Waals surface area contributed by atoms with Gasteiger partial charge >= 0.3 is 5.97 Å². The molecule has 2 aromatic rings. The highest BCUT2D eigenvalue weighted by atomic mass is 19.1. The molecule has 0 radical (unpaired) electrons. The first kappa shape index (κ1) is 16.9. The Bertz CT molecular complexity index is 808. The Kier molecular flexibility index (Phi) is 4.65. The van der Waals surface area contributed by atoms with Gasteiger partial charge in [-0.1, -0.05) is 0 Å². The van der Waals surface area contributed by atoms with Gasteiger partial charge in [0.25, 0.3) is 5.91 Å². The Balaban J connectivity index is 1.91. The van der Waals surface area contributed by atoms with Crippen molar-refractivity contribution in [1.29, 1.82) is 0 Å². The maximum absolute atomic E-state index is 13.1. The lowest BCUT2D eigenvalue weighted by molar-refractivity contribution is -0.144. The zero-order valence-electron chi connectivity index (χ0n) is 14.0.